The average Bonchev–Trinajstić information content (AvgIpc) is 2.50. The molecule has 0 aliphatic carbocycles. The van der Waals surface area contributed by atoms with Gasteiger partial charge in [0.1, 0.15) is 24.7 Å². The molecule has 1 fully saturated rings. The highest BCUT2D eigenvalue weighted by atomic mass is 35.6. The van der Waals surface area contributed by atoms with Crippen LogP contribution in [-0.4, -0.2) is 40.4 Å². The Labute approximate surface area is 153 Å². The van der Waals surface area contributed by atoms with Gasteiger partial charge < -0.3 is 14.8 Å². The zero-order valence-electron chi connectivity index (χ0n) is 12.5. The first-order chi connectivity index (χ1) is 11.2. The molecule has 9 heteroatoms. The van der Waals surface area contributed by atoms with Crippen LogP contribution >= 0.6 is 34.8 Å². The van der Waals surface area contributed by atoms with Gasteiger partial charge in [0.2, 0.25) is 9.70 Å². The van der Waals surface area contributed by atoms with Crippen molar-refractivity contribution in [2.75, 3.05) is 6.61 Å². The third kappa shape index (κ3) is 4.75. The predicted octanol–water partition coefficient (Wildman–Crippen LogP) is 2.90. The third-order valence-electron chi connectivity index (χ3n) is 3.44. The maximum absolute atomic E-state index is 12.4. The zero-order valence-corrected chi connectivity index (χ0v) is 14.8. The third-order valence-corrected chi connectivity index (χ3v) is 3.77. The molecular weight excluding hydrogens is 381 g/mol. The predicted molar refractivity (Wildman–Crippen MR) is 88.4 cm³/mol. The largest absolute Gasteiger partial charge is 0.508 e. The van der Waals surface area contributed by atoms with E-state index in [1.807, 2.05) is 0 Å². The van der Waals surface area contributed by atoms with Crippen molar-refractivity contribution in [3.05, 3.63) is 35.9 Å². The Morgan fingerprint density at radius 2 is 1.88 bits per heavy atom. The highest BCUT2D eigenvalue weighted by Crippen LogP contribution is 2.27. The molecule has 2 rings (SSSR count). The number of ketones is 1. The molecule has 1 aromatic rings. The average molecular weight is 395 g/mol. The minimum absolute atomic E-state index is 0.259. The first-order valence-electron chi connectivity index (χ1n) is 6.99. The molecule has 1 saturated heterocycles. The number of β-lactam (4-membered cyclic amide) rings is 1. The molecule has 1 heterocycles. The van der Waals surface area contributed by atoms with Gasteiger partial charge in [0, 0.05) is 5.56 Å². The Bertz CT molecular complexity index is 632. The van der Waals surface area contributed by atoms with Crippen molar-refractivity contribution < 1.29 is 23.9 Å². The van der Waals surface area contributed by atoms with Crippen molar-refractivity contribution >= 4 is 52.6 Å². The molecule has 1 amide bonds. The number of rotatable bonds is 5. The number of nitrogens with one attached hydrogen (secondary N) is 1. The first-order valence-corrected chi connectivity index (χ1v) is 8.12. The molecule has 0 bridgehead atoms. The molecule has 6 nitrogen and oxygen atoms in total. The lowest BCUT2D eigenvalue weighted by atomic mass is 9.81. The van der Waals surface area contributed by atoms with Gasteiger partial charge in [-0.2, -0.15) is 0 Å². The van der Waals surface area contributed by atoms with E-state index in [9.17, 15) is 14.4 Å². The molecule has 1 aliphatic heterocycles. The van der Waals surface area contributed by atoms with Crippen LogP contribution in [-0.2, 0) is 14.3 Å². The van der Waals surface area contributed by atoms with Gasteiger partial charge in [-0.05, 0) is 6.92 Å². The summed E-state index contributed by atoms with van der Waals surface area (Å²) in [6, 6.07) is 7.74. The van der Waals surface area contributed by atoms with Gasteiger partial charge in [-0.25, -0.2) is 4.79 Å². The molecule has 130 valence electrons. The molecule has 0 aromatic heterocycles. The zero-order chi connectivity index (χ0) is 17.9. The lowest BCUT2D eigenvalue weighted by Crippen LogP contribution is -2.65. The highest BCUT2D eigenvalue weighted by Gasteiger charge is 2.48. The number of hydrogen-bond donors (Lipinski definition) is 1. The Morgan fingerprint density at radius 3 is 2.42 bits per heavy atom. The Balaban J connectivity index is 1.95. The molecule has 1 aliphatic rings. The van der Waals surface area contributed by atoms with Crippen molar-refractivity contribution in [2.45, 2.75) is 22.9 Å². The van der Waals surface area contributed by atoms with Gasteiger partial charge in [0.05, 0.1) is 0 Å². The second kappa shape index (κ2) is 7.59. The van der Waals surface area contributed by atoms with Gasteiger partial charge >= 0.3 is 6.16 Å². The number of halogens is 3. The maximum atomic E-state index is 12.4. The Hall–Kier alpha value is -1.50. The number of carbonyl (C=O) groups is 3. The summed E-state index contributed by atoms with van der Waals surface area (Å²) in [6.45, 7) is 0.998. The van der Waals surface area contributed by atoms with E-state index in [0.29, 0.717) is 5.56 Å². The molecule has 0 spiro atoms. The summed E-state index contributed by atoms with van der Waals surface area (Å²) in [5.74, 6) is -1.45. The van der Waals surface area contributed by atoms with E-state index in [2.05, 4.69) is 10.1 Å². The van der Waals surface area contributed by atoms with E-state index in [-0.39, 0.29) is 11.7 Å². The molecule has 0 radical (unpaired) electrons. The smallest absolute Gasteiger partial charge is 0.430 e. The first kappa shape index (κ1) is 18.8. The molecule has 24 heavy (non-hydrogen) atoms. The Kier molecular flexibility index (Phi) is 5.96. The van der Waals surface area contributed by atoms with Crippen LogP contribution in [0.5, 0.6) is 0 Å². The van der Waals surface area contributed by atoms with E-state index in [1.165, 1.54) is 6.92 Å². The molecular formula is C15H14Cl3NO5. The van der Waals surface area contributed by atoms with Crippen LogP contribution < -0.4 is 5.32 Å². The van der Waals surface area contributed by atoms with Crippen LogP contribution in [0.25, 0.3) is 0 Å². The SMILES string of the molecule is C[C@@H](OC(=O)OCC(Cl)(Cl)Cl)[C@H]1C(=O)N[C@@H]1C(=O)c1ccccc1. The molecule has 0 unspecified atom stereocenters. The summed E-state index contributed by atoms with van der Waals surface area (Å²) in [5.41, 5.74) is 0.457. The quantitative estimate of drug-likeness (QED) is 0.359. The standard InChI is InChI=1S/C15H14Cl3NO5/c1-8(24-14(22)23-7-15(16,17)18)10-11(19-13(10)21)12(20)9-5-3-2-4-6-9/h2-6,8,10-11H,7H2,1H3,(H,19,21)/t8-,10-,11+/m1/s1. The van der Waals surface area contributed by atoms with Gasteiger partial charge in [0.15, 0.2) is 5.78 Å². The number of Topliss-reactive ketones (excluding diaryl/α,β-unsaturated/α-hetero) is 1. The van der Waals surface area contributed by atoms with Gasteiger partial charge in [0.25, 0.3) is 0 Å². The van der Waals surface area contributed by atoms with Crippen LogP contribution in [0.4, 0.5) is 4.79 Å². The van der Waals surface area contributed by atoms with Crippen LogP contribution in [0.3, 0.4) is 0 Å². The van der Waals surface area contributed by atoms with Crippen molar-refractivity contribution in [1.82, 2.24) is 5.32 Å². The molecule has 1 N–H and O–H groups in total. The van der Waals surface area contributed by atoms with Crippen molar-refractivity contribution in [2.24, 2.45) is 5.92 Å². The van der Waals surface area contributed by atoms with Gasteiger partial charge in [-0.15, -0.1) is 0 Å². The van der Waals surface area contributed by atoms with Gasteiger partial charge in [-0.3, -0.25) is 9.59 Å². The number of benzene rings is 1. The highest BCUT2D eigenvalue weighted by molar-refractivity contribution is 6.67. The lowest BCUT2D eigenvalue weighted by molar-refractivity contribution is -0.139. The summed E-state index contributed by atoms with van der Waals surface area (Å²) in [5, 5.41) is 2.52. The van der Waals surface area contributed by atoms with Crippen LogP contribution in [0, 0.1) is 5.92 Å². The fraction of sp³-hybridized carbons (Fsp3) is 0.400. The summed E-state index contributed by atoms with van der Waals surface area (Å²) >= 11 is 16.4. The van der Waals surface area contributed by atoms with Crippen LogP contribution in [0.15, 0.2) is 30.3 Å². The summed E-state index contributed by atoms with van der Waals surface area (Å²) in [6.07, 6.45) is -1.96. The lowest BCUT2D eigenvalue weighted by Gasteiger charge is -2.38. The fourth-order valence-corrected chi connectivity index (χ4v) is 2.45. The Morgan fingerprint density at radius 1 is 1.25 bits per heavy atom. The van der Waals surface area contributed by atoms with Crippen molar-refractivity contribution in [3.63, 3.8) is 0 Å². The second-order valence-corrected chi connectivity index (χ2v) is 7.74. The second-order valence-electron chi connectivity index (χ2n) is 5.22. The summed E-state index contributed by atoms with van der Waals surface area (Å²) in [4.78, 5) is 35.7. The maximum Gasteiger partial charge on any atom is 0.508 e. The van der Waals surface area contributed by atoms with Crippen molar-refractivity contribution in [3.8, 4) is 0 Å². The van der Waals surface area contributed by atoms with Crippen LogP contribution in [0.2, 0.25) is 0 Å². The number of amides is 1. The van der Waals surface area contributed by atoms with Crippen molar-refractivity contribution in [1.29, 1.82) is 0 Å². The van der Waals surface area contributed by atoms with E-state index in [4.69, 9.17) is 39.5 Å². The minimum Gasteiger partial charge on any atom is -0.430 e. The van der Waals surface area contributed by atoms with E-state index >= 15 is 0 Å². The monoisotopic (exact) mass is 393 g/mol. The van der Waals surface area contributed by atoms with E-state index < -0.39 is 34.6 Å². The number of ether oxygens (including phenoxy) is 2. The van der Waals surface area contributed by atoms with Gasteiger partial charge in [-0.1, -0.05) is 65.1 Å². The van der Waals surface area contributed by atoms with Crippen LogP contribution in [0.1, 0.15) is 17.3 Å². The normalized spacial score (nSPS) is 21.2. The number of carbonyl (C=O) groups excluding carboxylic acids is 3. The topological polar surface area (TPSA) is 81.7 Å². The molecule has 3 atom stereocenters. The van der Waals surface area contributed by atoms with E-state index in [1.54, 1.807) is 30.3 Å². The fourth-order valence-electron chi connectivity index (χ4n) is 2.29. The molecule has 0 saturated carbocycles. The van der Waals surface area contributed by atoms with E-state index in [0.717, 1.165) is 0 Å². The molecule has 1 aromatic carbocycles. The number of hydrogen-bond acceptors (Lipinski definition) is 5. The minimum atomic E-state index is -1.76. The summed E-state index contributed by atoms with van der Waals surface area (Å²) in [7, 11) is 0. The number of alkyl halides is 3. The summed E-state index contributed by atoms with van der Waals surface area (Å²) < 4.78 is 7.86.